The number of carbonyl (C=O) groups is 1. The minimum atomic E-state index is -1.19. The van der Waals surface area contributed by atoms with Crippen LogP contribution in [0.3, 0.4) is 0 Å². The van der Waals surface area contributed by atoms with E-state index in [0.29, 0.717) is 5.56 Å². The van der Waals surface area contributed by atoms with Gasteiger partial charge in [0.1, 0.15) is 5.75 Å². The number of phenols is 1. The predicted octanol–water partition coefficient (Wildman–Crippen LogP) is 3.52. The van der Waals surface area contributed by atoms with Gasteiger partial charge in [-0.05, 0) is 23.6 Å². The summed E-state index contributed by atoms with van der Waals surface area (Å²) in [7, 11) is 0. The first kappa shape index (κ1) is 13.4. The summed E-state index contributed by atoms with van der Waals surface area (Å²) < 4.78 is 4.93. The summed E-state index contributed by atoms with van der Waals surface area (Å²) >= 11 is 5.95. The molecule has 2 rings (SSSR count). The Morgan fingerprint density at radius 2 is 2.05 bits per heavy atom. The van der Waals surface area contributed by atoms with Crippen LogP contribution in [-0.2, 0) is 0 Å². The van der Waals surface area contributed by atoms with Gasteiger partial charge >= 0.3 is 5.97 Å². The monoisotopic (exact) mass is 281 g/mol. The van der Waals surface area contributed by atoms with Crippen LogP contribution >= 0.6 is 11.6 Å². The number of hydrogen-bond donors (Lipinski definition) is 2. The van der Waals surface area contributed by atoms with Crippen molar-refractivity contribution in [1.29, 1.82) is 0 Å². The van der Waals surface area contributed by atoms with Crippen LogP contribution in [0.5, 0.6) is 5.75 Å². The van der Waals surface area contributed by atoms with Gasteiger partial charge in [-0.15, -0.1) is 0 Å². The average Bonchev–Trinajstić information content (AvgIpc) is 2.81. The minimum absolute atomic E-state index is 0.154. The molecule has 19 heavy (non-hydrogen) atoms. The summed E-state index contributed by atoms with van der Waals surface area (Å²) in [5.41, 5.74) is 1.02. The summed E-state index contributed by atoms with van der Waals surface area (Å²) in [6.45, 7) is 3.96. The lowest BCUT2D eigenvalue weighted by Gasteiger charge is -2.10. The van der Waals surface area contributed by atoms with Gasteiger partial charge < -0.3 is 14.7 Å². The first-order chi connectivity index (χ1) is 8.90. The Bertz CT molecular complexity index is 634. The van der Waals surface area contributed by atoms with Gasteiger partial charge in [-0.2, -0.15) is 0 Å². The molecule has 0 saturated heterocycles. The van der Waals surface area contributed by atoms with Crippen molar-refractivity contribution >= 4 is 17.6 Å². The van der Waals surface area contributed by atoms with Crippen LogP contribution in [0.25, 0.3) is 11.3 Å². The third kappa shape index (κ3) is 2.56. The number of benzene rings is 1. The van der Waals surface area contributed by atoms with Crippen LogP contribution in [0.2, 0.25) is 5.02 Å². The summed E-state index contributed by atoms with van der Waals surface area (Å²) in [5, 5.41) is 22.3. The van der Waals surface area contributed by atoms with Gasteiger partial charge in [0, 0.05) is 6.07 Å². The zero-order valence-electron chi connectivity index (χ0n) is 10.3. The predicted molar refractivity (Wildman–Crippen MR) is 69.7 cm³/mol. The van der Waals surface area contributed by atoms with Crippen molar-refractivity contribution in [3.8, 4) is 17.1 Å². The summed E-state index contributed by atoms with van der Waals surface area (Å²) in [4.78, 5) is 10.8. The summed E-state index contributed by atoms with van der Waals surface area (Å²) in [6.07, 6.45) is 0. The molecular formula is C13H12ClNO4. The average molecular weight is 282 g/mol. The van der Waals surface area contributed by atoms with Crippen molar-refractivity contribution in [1.82, 2.24) is 5.16 Å². The van der Waals surface area contributed by atoms with Crippen molar-refractivity contribution in [2.24, 2.45) is 0 Å². The molecule has 0 fully saturated rings. The van der Waals surface area contributed by atoms with E-state index in [4.69, 9.17) is 21.2 Å². The molecule has 0 aliphatic rings. The smallest absolute Gasteiger partial charge is 0.358 e. The number of aromatic nitrogens is 1. The Hall–Kier alpha value is -2.01. The van der Waals surface area contributed by atoms with Crippen LogP contribution in [0.4, 0.5) is 0 Å². The van der Waals surface area contributed by atoms with E-state index < -0.39 is 5.97 Å². The first-order valence-electron chi connectivity index (χ1n) is 5.63. The Balaban J connectivity index is 2.56. The molecular weight excluding hydrogens is 270 g/mol. The minimum Gasteiger partial charge on any atom is -0.506 e. The van der Waals surface area contributed by atoms with Gasteiger partial charge in [0.15, 0.2) is 11.5 Å². The molecule has 0 radical (unpaired) electrons. The van der Waals surface area contributed by atoms with Gasteiger partial charge in [-0.3, -0.25) is 0 Å². The number of aromatic hydroxyl groups is 1. The van der Waals surface area contributed by atoms with Gasteiger partial charge in [-0.1, -0.05) is 30.6 Å². The maximum Gasteiger partial charge on any atom is 0.358 e. The fourth-order valence-electron chi connectivity index (χ4n) is 1.64. The number of hydrogen-bond acceptors (Lipinski definition) is 4. The number of carboxylic acid groups (broad SMARTS) is 1. The largest absolute Gasteiger partial charge is 0.506 e. The molecule has 1 heterocycles. The molecule has 1 aromatic carbocycles. The summed E-state index contributed by atoms with van der Waals surface area (Å²) in [5.74, 6) is -0.974. The molecule has 0 aliphatic heterocycles. The van der Waals surface area contributed by atoms with E-state index in [9.17, 15) is 9.90 Å². The van der Waals surface area contributed by atoms with Crippen LogP contribution in [0.15, 0.2) is 22.7 Å². The fraction of sp³-hybridized carbons (Fsp3) is 0.231. The third-order valence-electron chi connectivity index (χ3n) is 2.75. The maximum absolute atomic E-state index is 10.8. The molecule has 1 aromatic heterocycles. The van der Waals surface area contributed by atoms with Crippen molar-refractivity contribution in [3.05, 3.63) is 34.5 Å². The number of halogens is 1. The van der Waals surface area contributed by atoms with Crippen molar-refractivity contribution in [3.63, 3.8) is 0 Å². The second-order valence-electron chi connectivity index (χ2n) is 4.44. The molecule has 0 spiro atoms. The van der Waals surface area contributed by atoms with E-state index in [1.54, 1.807) is 12.1 Å². The lowest BCUT2D eigenvalue weighted by atomic mass is 9.99. The van der Waals surface area contributed by atoms with Crippen molar-refractivity contribution in [2.75, 3.05) is 0 Å². The highest BCUT2D eigenvalue weighted by Gasteiger charge is 2.18. The standard InChI is InChI=1S/C13H12ClNO4/c1-6(2)7-3-8(12(16)9(14)4-7)11-5-10(13(17)18)15-19-11/h3-6,16H,1-2H3,(H,17,18). The quantitative estimate of drug-likeness (QED) is 0.899. The number of rotatable bonds is 3. The number of phenolic OH excluding ortho intramolecular Hbond substituents is 1. The normalized spacial score (nSPS) is 10.9. The fourth-order valence-corrected chi connectivity index (χ4v) is 1.87. The van der Waals surface area contributed by atoms with Gasteiger partial charge in [0.05, 0.1) is 10.6 Å². The molecule has 0 unspecified atom stereocenters. The van der Waals surface area contributed by atoms with E-state index in [1.165, 1.54) is 6.07 Å². The highest BCUT2D eigenvalue weighted by Crippen LogP contribution is 2.38. The van der Waals surface area contributed by atoms with Crippen molar-refractivity contribution in [2.45, 2.75) is 19.8 Å². The zero-order chi connectivity index (χ0) is 14.2. The lowest BCUT2D eigenvalue weighted by molar-refractivity contribution is 0.0686. The van der Waals surface area contributed by atoms with E-state index in [2.05, 4.69) is 5.16 Å². The number of aromatic carboxylic acids is 1. The molecule has 2 aromatic rings. The Morgan fingerprint density at radius 1 is 1.37 bits per heavy atom. The van der Waals surface area contributed by atoms with Crippen LogP contribution < -0.4 is 0 Å². The molecule has 0 atom stereocenters. The van der Waals surface area contributed by atoms with E-state index in [-0.39, 0.29) is 28.1 Å². The summed E-state index contributed by atoms with van der Waals surface area (Å²) in [6, 6.07) is 4.62. The molecule has 0 saturated carbocycles. The Labute approximate surface area is 114 Å². The van der Waals surface area contributed by atoms with E-state index in [0.717, 1.165) is 5.56 Å². The lowest BCUT2D eigenvalue weighted by Crippen LogP contribution is -1.94. The molecule has 6 heteroatoms. The van der Waals surface area contributed by atoms with Gasteiger partial charge in [0.2, 0.25) is 0 Å². The highest BCUT2D eigenvalue weighted by molar-refractivity contribution is 6.32. The SMILES string of the molecule is CC(C)c1cc(Cl)c(O)c(-c2cc(C(=O)O)no2)c1. The van der Waals surface area contributed by atoms with Crippen LogP contribution in [0, 0.1) is 0 Å². The van der Waals surface area contributed by atoms with Gasteiger partial charge in [0.25, 0.3) is 0 Å². The number of carboxylic acids is 1. The maximum atomic E-state index is 10.8. The molecule has 2 N–H and O–H groups in total. The third-order valence-corrected chi connectivity index (χ3v) is 3.04. The molecule has 0 aliphatic carbocycles. The molecule has 5 nitrogen and oxygen atoms in total. The Morgan fingerprint density at radius 3 is 2.58 bits per heavy atom. The molecule has 0 amide bonds. The van der Waals surface area contributed by atoms with E-state index >= 15 is 0 Å². The topological polar surface area (TPSA) is 83.6 Å². The van der Waals surface area contributed by atoms with Crippen LogP contribution in [0.1, 0.15) is 35.8 Å². The number of nitrogens with zero attached hydrogens (tertiary/aromatic N) is 1. The zero-order valence-corrected chi connectivity index (χ0v) is 11.1. The molecule has 100 valence electrons. The van der Waals surface area contributed by atoms with Gasteiger partial charge in [-0.25, -0.2) is 4.79 Å². The van der Waals surface area contributed by atoms with E-state index in [1.807, 2.05) is 13.8 Å². The van der Waals surface area contributed by atoms with Crippen molar-refractivity contribution < 1.29 is 19.5 Å². The second kappa shape index (κ2) is 4.93. The Kier molecular flexibility index (Phi) is 3.48. The van der Waals surface area contributed by atoms with Crippen LogP contribution in [-0.4, -0.2) is 21.3 Å². The highest BCUT2D eigenvalue weighted by atomic mass is 35.5. The molecule has 0 bridgehead atoms. The second-order valence-corrected chi connectivity index (χ2v) is 4.84. The first-order valence-corrected chi connectivity index (χ1v) is 6.00.